The molecule has 2 atom stereocenters. The smallest absolute Gasteiger partial charge is 0.251 e. The Bertz CT molecular complexity index is 1370. The van der Waals surface area contributed by atoms with Gasteiger partial charge in [0.25, 0.3) is 11.8 Å². The number of ether oxygens (including phenoxy) is 1. The minimum absolute atomic E-state index is 0.0200. The minimum atomic E-state index is -0.914. The largest absolute Gasteiger partial charge is 0.372 e. The van der Waals surface area contributed by atoms with E-state index in [4.69, 9.17) is 4.74 Å². The molecule has 0 aliphatic rings. The normalized spacial score (nSPS) is 12.1. The fourth-order valence-corrected chi connectivity index (χ4v) is 4.77. The number of unbranched alkanes of at least 4 members (excludes halogenated alkanes) is 6. The number of hydrogen-bond acceptors (Lipinski definition) is 7. The molecule has 0 fully saturated rings. The van der Waals surface area contributed by atoms with Crippen LogP contribution in [0.4, 0.5) is 0 Å². The maximum Gasteiger partial charge on any atom is 0.251 e. The van der Waals surface area contributed by atoms with Crippen molar-refractivity contribution < 1.29 is 23.9 Å². The van der Waals surface area contributed by atoms with Gasteiger partial charge in [-0.3, -0.25) is 19.2 Å². The second-order valence-electron chi connectivity index (χ2n) is 11.4. The van der Waals surface area contributed by atoms with Crippen molar-refractivity contribution in [1.29, 1.82) is 0 Å². The van der Waals surface area contributed by atoms with Crippen molar-refractivity contribution in [2.75, 3.05) is 19.7 Å². The maximum absolute atomic E-state index is 13.1. The first-order valence-electron chi connectivity index (χ1n) is 16.6. The molecule has 12 heteroatoms. The van der Waals surface area contributed by atoms with Gasteiger partial charge in [0.1, 0.15) is 17.8 Å². The van der Waals surface area contributed by atoms with E-state index in [1.165, 1.54) is 4.68 Å². The number of nitrogens with zero attached hydrogens (tertiary/aromatic N) is 3. The summed E-state index contributed by atoms with van der Waals surface area (Å²) in [6, 6.07) is 15.6. The molecule has 0 spiro atoms. The van der Waals surface area contributed by atoms with Crippen LogP contribution in [0, 0.1) is 0 Å². The maximum atomic E-state index is 13.1. The third-order valence-electron chi connectivity index (χ3n) is 7.46. The van der Waals surface area contributed by atoms with E-state index in [0.29, 0.717) is 29.9 Å². The predicted octanol–water partition coefficient (Wildman–Crippen LogP) is 3.78. The fraction of sp³-hybridized carbons (Fsp3) is 0.486. The molecule has 1 heterocycles. The Balaban J connectivity index is 1.59. The first-order chi connectivity index (χ1) is 22.9. The van der Waals surface area contributed by atoms with E-state index >= 15 is 0 Å². The zero-order chi connectivity index (χ0) is 33.7. The second-order valence-corrected chi connectivity index (χ2v) is 11.4. The number of aromatic nitrogens is 3. The van der Waals surface area contributed by atoms with Crippen LogP contribution in [0.2, 0.25) is 0 Å². The van der Waals surface area contributed by atoms with Gasteiger partial charge in [0.2, 0.25) is 11.8 Å². The Morgan fingerprint density at radius 2 is 1.21 bits per heavy atom. The van der Waals surface area contributed by atoms with Gasteiger partial charge in [-0.25, -0.2) is 4.68 Å². The summed E-state index contributed by atoms with van der Waals surface area (Å²) in [6.07, 6.45) is 9.74. The lowest BCUT2D eigenvalue weighted by Gasteiger charge is -2.19. The number of amides is 4. The van der Waals surface area contributed by atoms with Crippen molar-refractivity contribution >= 4 is 23.6 Å². The molecular formula is C35H49N7O5. The molecular weight excluding hydrogens is 598 g/mol. The van der Waals surface area contributed by atoms with Crippen LogP contribution in [-0.4, -0.2) is 70.4 Å². The molecule has 0 saturated carbocycles. The Hall–Kier alpha value is -4.58. The molecule has 4 N–H and O–H groups in total. The Morgan fingerprint density at radius 1 is 0.702 bits per heavy atom. The van der Waals surface area contributed by atoms with Crippen molar-refractivity contribution in [2.24, 2.45) is 0 Å². The van der Waals surface area contributed by atoms with E-state index in [-0.39, 0.29) is 43.4 Å². The third-order valence-corrected chi connectivity index (χ3v) is 7.46. The lowest BCUT2D eigenvalue weighted by molar-refractivity contribution is -0.124. The molecule has 47 heavy (non-hydrogen) atoms. The van der Waals surface area contributed by atoms with Crippen molar-refractivity contribution in [3.8, 4) is 0 Å². The van der Waals surface area contributed by atoms with Crippen LogP contribution in [0.1, 0.15) is 91.6 Å². The molecule has 0 aliphatic carbocycles. The van der Waals surface area contributed by atoms with E-state index in [1.807, 2.05) is 12.1 Å². The lowest BCUT2D eigenvalue weighted by atomic mass is 10.1. The average molecular weight is 648 g/mol. The fourth-order valence-electron chi connectivity index (χ4n) is 4.77. The number of carbonyl (C=O) groups is 4. The van der Waals surface area contributed by atoms with Crippen LogP contribution in [0.15, 0.2) is 66.9 Å². The van der Waals surface area contributed by atoms with Gasteiger partial charge < -0.3 is 26.0 Å². The zero-order valence-electron chi connectivity index (χ0n) is 27.6. The van der Waals surface area contributed by atoms with Gasteiger partial charge in [0, 0.05) is 24.2 Å². The SMILES string of the molecule is CCCCCCNC(=O)[C@H](COCc1cn(C[C@H](NC(=O)c2ccccc2)C(=O)NCCCCCC)nn1)NC(=O)c1ccccc1. The van der Waals surface area contributed by atoms with E-state index in [1.54, 1.807) is 54.7 Å². The first-order valence-corrected chi connectivity index (χ1v) is 16.6. The van der Waals surface area contributed by atoms with Gasteiger partial charge >= 0.3 is 0 Å². The van der Waals surface area contributed by atoms with Gasteiger partial charge in [0.05, 0.1) is 26.0 Å². The topological polar surface area (TPSA) is 156 Å². The molecule has 254 valence electrons. The number of benzene rings is 2. The first kappa shape index (κ1) is 36.9. The standard InChI is InChI=1S/C35H49N7O5/c1-3-5-7-15-21-36-34(45)30(38-32(43)27-17-11-9-12-18-27)24-42-23-29(40-41-42)25-47-26-31(35(46)37-22-16-8-6-4-2)39-33(44)28-19-13-10-14-20-28/h9-14,17-20,23,30-31H,3-8,15-16,21-22,24-26H2,1-2H3,(H,36,45)(H,37,46)(H,38,43)(H,39,44)/t30-,31-/m0/s1. The van der Waals surface area contributed by atoms with Crippen molar-refractivity contribution in [3.63, 3.8) is 0 Å². The molecule has 4 amide bonds. The molecule has 12 nitrogen and oxygen atoms in total. The molecule has 0 aliphatic heterocycles. The zero-order valence-corrected chi connectivity index (χ0v) is 27.6. The highest BCUT2D eigenvalue weighted by Gasteiger charge is 2.24. The molecule has 1 aromatic heterocycles. The van der Waals surface area contributed by atoms with Crippen LogP contribution in [0.3, 0.4) is 0 Å². The molecule has 0 radical (unpaired) electrons. The van der Waals surface area contributed by atoms with Crippen LogP contribution in [-0.2, 0) is 27.5 Å². The number of hydrogen-bond donors (Lipinski definition) is 4. The van der Waals surface area contributed by atoms with Crippen LogP contribution < -0.4 is 21.3 Å². The summed E-state index contributed by atoms with van der Waals surface area (Å²) in [4.78, 5) is 51.8. The van der Waals surface area contributed by atoms with E-state index in [2.05, 4.69) is 45.4 Å². The Labute approximate surface area is 277 Å². The second kappa shape index (κ2) is 21.3. The number of carbonyl (C=O) groups excluding carboxylic acids is 4. The summed E-state index contributed by atoms with van der Waals surface area (Å²) in [6.45, 7) is 5.27. The molecule has 2 aromatic carbocycles. The van der Waals surface area contributed by atoms with Gasteiger partial charge in [-0.15, -0.1) is 5.10 Å². The van der Waals surface area contributed by atoms with Gasteiger partial charge in [0.15, 0.2) is 0 Å². The van der Waals surface area contributed by atoms with Gasteiger partial charge in [-0.1, -0.05) is 94.0 Å². The van der Waals surface area contributed by atoms with Crippen LogP contribution in [0.5, 0.6) is 0 Å². The highest BCUT2D eigenvalue weighted by Crippen LogP contribution is 2.05. The monoisotopic (exact) mass is 647 g/mol. The average Bonchev–Trinajstić information content (AvgIpc) is 3.54. The number of rotatable bonds is 22. The quantitative estimate of drug-likeness (QED) is 0.121. The molecule has 0 bridgehead atoms. The van der Waals surface area contributed by atoms with Crippen molar-refractivity contribution in [2.45, 2.75) is 90.4 Å². The highest BCUT2D eigenvalue weighted by molar-refractivity contribution is 5.98. The highest BCUT2D eigenvalue weighted by atomic mass is 16.5. The molecule has 0 unspecified atom stereocenters. The van der Waals surface area contributed by atoms with Gasteiger partial charge in [-0.05, 0) is 37.1 Å². The molecule has 3 rings (SSSR count). The summed E-state index contributed by atoms with van der Waals surface area (Å²) in [7, 11) is 0. The molecule has 3 aromatic rings. The van der Waals surface area contributed by atoms with E-state index in [9.17, 15) is 19.2 Å². The van der Waals surface area contributed by atoms with Crippen molar-refractivity contribution in [1.82, 2.24) is 36.3 Å². The summed E-state index contributed by atoms with van der Waals surface area (Å²) >= 11 is 0. The van der Waals surface area contributed by atoms with Gasteiger partial charge in [-0.2, -0.15) is 0 Å². The van der Waals surface area contributed by atoms with E-state index < -0.39 is 12.1 Å². The minimum Gasteiger partial charge on any atom is -0.372 e. The summed E-state index contributed by atoms with van der Waals surface area (Å²) in [5, 5.41) is 19.7. The Kier molecular flexibility index (Phi) is 16.7. The van der Waals surface area contributed by atoms with Crippen LogP contribution >= 0.6 is 0 Å². The summed E-state index contributed by atoms with van der Waals surface area (Å²) in [5.74, 6) is -1.38. The summed E-state index contributed by atoms with van der Waals surface area (Å²) < 4.78 is 7.29. The van der Waals surface area contributed by atoms with Crippen LogP contribution in [0.25, 0.3) is 0 Å². The predicted molar refractivity (Wildman–Crippen MR) is 179 cm³/mol. The Morgan fingerprint density at radius 3 is 1.74 bits per heavy atom. The van der Waals surface area contributed by atoms with E-state index in [0.717, 1.165) is 51.4 Å². The lowest BCUT2D eigenvalue weighted by Crippen LogP contribution is -2.49. The third kappa shape index (κ3) is 13.7. The summed E-state index contributed by atoms with van der Waals surface area (Å²) in [5.41, 5.74) is 1.35. The van der Waals surface area contributed by atoms with Crippen molar-refractivity contribution in [3.05, 3.63) is 83.7 Å². The molecule has 0 saturated heterocycles. The number of nitrogens with one attached hydrogen (secondary N) is 4.